The predicted molar refractivity (Wildman–Crippen MR) is 122 cm³/mol. The number of methoxy groups -OCH3 is 1. The number of benzene rings is 2. The maximum absolute atomic E-state index is 12.9. The molecule has 31 heavy (non-hydrogen) atoms. The van der Waals surface area contributed by atoms with E-state index in [-0.39, 0.29) is 12.0 Å². The molecule has 0 bridgehead atoms. The normalized spacial score (nSPS) is 22.3. The van der Waals surface area contributed by atoms with E-state index < -0.39 is 0 Å². The molecule has 0 N–H and O–H groups in total. The fourth-order valence-electron chi connectivity index (χ4n) is 4.98. The minimum absolute atomic E-state index is 0.207. The number of nitrogens with zero attached hydrogens (tertiary/aromatic N) is 2. The van der Waals surface area contributed by atoms with Crippen molar-refractivity contribution in [3.8, 4) is 11.5 Å². The van der Waals surface area contributed by atoms with Crippen LogP contribution < -0.4 is 9.47 Å². The lowest BCUT2D eigenvalue weighted by Crippen LogP contribution is -2.68. The fourth-order valence-corrected chi connectivity index (χ4v) is 4.98. The van der Waals surface area contributed by atoms with Gasteiger partial charge in [0.1, 0.15) is 17.6 Å². The smallest absolute Gasteiger partial charge is 0.226 e. The SMILES string of the molecule is COc1cccc(CC(=O)N2CCC([C@H]3[C@@H](Oc4ccccc4)CN3C(C)C)CC2)c1. The zero-order chi connectivity index (χ0) is 21.8. The number of carbonyl (C=O) groups excluding carboxylic acids is 1. The number of ether oxygens (including phenoxy) is 2. The molecule has 2 fully saturated rings. The van der Waals surface area contributed by atoms with Gasteiger partial charge in [-0.1, -0.05) is 30.3 Å². The van der Waals surface area contributed by atoms with Crippen LogP contribution in [0, 0.1) is 5.92 Å². The van der Waals surface area contributed by atoms with E-state index in [2.05, 4.69) is 18.7 Å². The summed E-state index contributed by atoms with van der Waals surface area (Å²) < 4.78 is 11.6. The fraction of sp³-hybridized carbons (Fsp3) is 0.500. The summed E-state index contributed by atoms with van der Waals surface area (Å²) in [5, 5.41) is 0. The number of piperidine rings is 1. The molecule has 0 aliphatic carbocycles. The maximum atomic E-state index is 12.9. The summed E-state index contributed by atoms with van der Waals surface area (Å²) >= 11 is 0. The second-order valence-electron chi connectivity index (χ2n) is 9.00. The molecule has 0 aromatic heterocycles. The third kappa shape index (κ3) is 5.04. The van der Waals surface area contributed by atoms with Crippen LogP contribution in [0.25, 0.3) is 0 Å². The number of amides is 1. The third-order valence-electron chi connectivity index (χ3n) is 6.71. The summed E-state index contributed by atoms with van der Waals surface area (Å²) in [7, 11) is 1.65. The Hall–Kier alpha value is -2.53. The Bertz CT molecular complexity index is 862. The van der Waals surface area contributed by atoms with Gasteiger partial charge in [0.15, 0.2) is 0 Å². The van der Waals surface area contributed by atoms with Gasteiger partial charge in [0.25, 0.3) is 0 Å². The van der Waals surface area contributed by atoms with Crippen LogP contribution in [0.5, 0.6) is 11.5 Å². The van der Waals surface area contributed by atoms with E-state index in [1.165, 1.54) is 0 Å². The van der Waals surface area contributed by atoms with Gasteiger partial charge < -0.3 is 14.4 Å². The molecule has 166 valence electrons. The number of carbonyl (C=O) groups is 1. The van der Waals surface area contributed by atoms with Gasteiger partial charge in [0, 0.05) is 25.7 Å². The van der Waals surface area contributed by atoms with Crippen molar-refractivity contribution in [1.82, 2.24) is 9.80 Å². The molecule has 1 amide bonds. The minimum atomic E-state index is 0.207. The zero-order valence-electron chi connectivity index (χ0n) is 18.9. The van der Waals surface area contributed by atoms with Crippen LogP contribution in [0.2, 0.25) is 0 Å². The first-order valence-corrected chi connectivity index (χ1v) is 11.4. The van der Waals surface area contributed by atoms with Crippen LogP contribution in [0.4, 0.5) is 0 Å². The van der Waals surface area contributed by atoms with Crippen molar-refractivity contribution in [2.45, 2.75) is 51.3 Å². The van der Waals surface area contributed by atoms with E-state index in [1.807, 2.05) is 59.5 Å². The molecule has 0 spiro atoms. The van der Waals surface area contributed by atoms with Crippen LogP contribution in [0.15, 0.2) is 54.6 Å². The standard InChI is InChI=1S/C26H34N2O3/c1-19(2)28-18-24(31-22-9-5-4-6-10-22)26(28)21-12-14-27(15-13-21)25(29)17-20-8-7-11-23(16-20)30-3/h4-11,16,19,21,24,26H,12-15,17-18H2,1-3H3/t24-,26-/m0/s1. The average Bonchev–Trinajstić information content (AvgIpc) is 2.77. The predicted octanol–water partition coefficient (Wildman–Crippen LogP) is 4.02. The van der Waals surface area contributed by atoms with Crippen LogP contribution in [0.3, 0.4) is 0 Å². The van der Waals surface area contributed by atoms with Crippen molar-refractivity contribution >= 4 is 5.91 Å². The molecule has 0 saturated carbocycles. The highest BCUT2D eigenvalue weighted by Crippen LogP contribution is 2.36. The lowest BCUT2D eigenvalue weighted by atomic mass is 9.79. The number of hydrogen-bond acceptors (Lipinski definition) is 4. The van der Waals surface area contributed by atoms with Crippen LogP contribution >= 0.6 is 0 Å². The van der Waals surface area contributed by atoms with Crippen molar-refractivity contribution in [3.05, 3.63) is 60.2 Å². The molecule has 0 radical (unpaired) electrons. The summed E-state index contributed by atoms with van der Waals surface area (Å²) in [6, 6.07) is 18.9. The highest BCUT2D eigenvalue weighted by atomic mass is 16.5. The van der Waals surface area contributed by atoms with Gasteiger partial charge in [-0.2, -0.15) is 0 Å². The highest BCUT2D eigenvalue weighted by molar-refractivity contribution is 5.79. The van der Waals surface area contributed by atoms with Gasteiger partial charge in [0.05, 0.1) is 19.6 Å². The molecule has 2 aromatic rings. The summed E-state index contributed by atoms with van der Waals surface area (Å²) in [5.41, 5.74) is 1.01. The average molecular weight is 423 g/mol. The molecule has 0 unspecified atom stereocenters. The number of rotatable bonds is 7. The van der Waals surface area contributed by atoms with E-state index in [4.69, 9.17) is 9.47 Å². The maximum Gasteiger partial charge on any atom is 0.226 e. The van der Waals surface area contributed by atoms with Crippen LogP contribution in [-0.2, 0) is 11.2 Å². The third-order valence-corrected chi connectivity index (χ3v) is 6.71. The highest BCUT2D eigenvalue weighted by Gasteiger charge is 2.47. The Balaban J connectivity index is 1.34. The largest absolute Gasteiger partial charge is 0.497 e. The monoisotopic (exact) mass is 422 g/mol. The Morgan fingerprint density at radius 3 is 2.42 bits per heavy atom. The van der Waals surface area contributed by atoms with Crippen LogP contribution in [-0.4, -0.2) is 60.6 Å². The molecular formula is C26H34N2O3. The number of likely N-dealkylation sites (tertiary alicyclic amines) is 2. The Morgan fingerprint density at radius 2 is 1.74 bits per heavy atom. The van der Waals surface area contributed by atoms with Gasteiger partial charge in [-0.3, -0.25) is 9.69 Å². The minimum Gasteiger partial charge on any atom is -0.497 e. The number of hydrogen-bond donors (Lipinski definition) is 0. The van der Waals surface area contributed by atoms with Crippen LogP contribution in [0.1, 0.15) is 32.3 Å². The molecule has 4 rings (SSSR count). The molecule has 5 heteroatoms. The summed E-state index contributed by atoms with van der Waals surface area (Å²) in [6.07, 6.45) is 2.73. The van der Waals surface area contributed by atoms with E-state index in [0.29, 0.717) is 24.4 Å². The van der Waals surface area contributed by atoms with E-state index >= 15 is 0 Å². The van der Waals surface area contributed by atoms with Crippen molar-refractivity contribution in [2.24, 2.45) is 5.92 Å². The topological polar surface area (TPSA) is 42.0 Å². The molecule has 2 aliphatic heterocycles. The lowest BCUT2D eigenvalue weighted by molar-refractivity contribution is -0.135. The Morgan fingerprint density at radius 1 is 1.03 bits per heavy atom. The summed E-state index contributed by atoms with van der Waals surface area (Å²) in [5.74, 6) is 2.52. The molecule has 2 saturated heterocycles. The molecule has 2 heterocycles. The van der Waals surface area contributed by atoms with Gasteiger partial charge in [-0.15, -0.1) is 0 Å². The van der Waals surface area contributed by atoms with Crippen molar-refractivity contribution in [3.63, 3.8) is 0 Å². The molecule has 2 aromatic carbocycles. The molecule has 2 atom stereocenters. The van der Waals surface area contributed by atoms with Gasteiger partial charge in [-0.05, 0) is 62.4 Å². The molecular weight excluding hydrogens is 388 g/mol. The lowest BCUT2D eigenvalue weighted by Gasteiger charge is -2.54. The first kappa shape index (κ1) is 21.7. The van der Waals surface area contributed by atoms with Gasteiger partial charge >= 0.3 is 0 Å². The second-order valence-corrected chi connectivity index (χ2v) is 9.00. The van der Waals surface area contributed by atoms with Crippen molar-refractivity contribution < 1.29 is 14.3 Å². The van der Waals surface area contributed by atoms with Crippen molar-refractivity contribution in [2.75, 3.05) is 26.7 Å². The Kier molecular flexibility index (Phi) is 6.81. The van der Waals surface area contributed by atoms with E-state index in [9.17, 15) is 4.79 Å². The van der Waals surface area contributed by atoms with E-state index in [1.54, 1.807) is 7.11 Å². The Labute approximate surface area is 185 Å². The quantitative estimate of drug-likeness (QED) is 0.676. The first-order chi connectivity index (χ1) is 15.0. The molecule has 5 nitrogen and oxygen atoms in total. The van der Waals surface area contributed by atoms with Crippen molar-refractivity contribution in [1.29, 1.82) is 0 Å². The number of para-hydroxylation sites is 1. The molecule has 2 aliphatic rings. The van der Waals surface area contributed by atoms with Gasteiger partial charge in [-0.25, -0.2) is 0 Å². The zero-order valence-corrected chi connectivity index (χ0v) is 18.9. The summed E-state index contributed by atoms with van der Waals surface area (Å²) in [6.45, 7) is 7.16. The van der Waals surface area contributed by atoms with E-state index in [0.717, 1.165) is 49.5 Å². The second kappa shape index (κ2) is 9.73. The first-order valence-electron chi connectivity index (χ1n) is 11.4. The van der Waals surface area contributed by atoms with Gasteiger partial charge in [0.2, 0.25) is 5.91 Å². The summed E-state index contributed by atoms with van der Waals surface area (Å²) in [4.78, 5) is 17.4.